The molecule has 0 radical (unpaired) electrons. The van der Waals surface area contributed by atoms with Crippen molar-refractivity contribution >= 4 is 5.97 Å². The van der Waals surface area contributed by atoms with Crippen molar-refractivity contribution in [2.24, 2.45) is 5.92 Å². The Hall–Kier alpha value is -0.570. The van der Waals surface area contributed by atoms with E-state index in [9.17, 15) is 4.79 Å². The molecule has 0 saturated heterocycles. The van der Waals surface area contributed by atoms with Gasteiger partial charge in [-0.05, 0) is 52.6 Å². The average Bonchev–Trinajstić information content (AvgIpc) is 2.22. The molecule has 94 valence electrons. The molecule has 0 aromatic heterocycles. The lowest BCUT2D eigenvalue weighted by molar-refractivity contribution is -0.147. The molecule has 1 rings (SSSR count). The zero-order valence-corrected chi connectivity index (χ0v) is 11.1. The fourth-order valence-corrected chi connectivity index (χ4v) is 2.56. The number of carbonyl (C=O) groups is 1. The summed E-state index contributed by atoms with van der Waals surface area (Å²) in [5.74, 6) is 0.751. The maximum Gasteiger partial charge on any atom is 0.307 e. The molecule has 3 nitrogen and oxygen atoms in total. The third kappa shape index (κ3) is 3.21. The van der Waals surface area contributed by atoms with Gasteiger partial charge in [0.15, 0.2) is 0 Å². The Kier molecular flexibility index (Phi) is 4.78. The number of hydrogen-bond acceptors (Lipinski definition) is 3. The maximum atomic E-state index is 11.7. The van der Waals surface area contributed by atoms with Gasteiger partial charge in [0.25, 0.3) is 0 Å². The second-order valence-electron chi connectivity index (χ2n) is 5.28. The molecule has 3 heteroatoms. The van der Waals surface area contributed by atoms with Crippen molar-refractivity contribution in [2.75, 3.05) is 20.7 Å². The summed E-state index contributed by atoms with van der Waals surface area (Å²) in [5, 5.41) is 0. The van der Waals surface area contributed by atoms with E-state index in [1.807, 2.05) is 6.92 Å². The molecule has 16 heavy (non-hydrogen) atoms. The zero-order valence-electron chi connectivity index (χ0n) is 11.1. The van der Waals surface area contributed by atoms with Crippen LogP contribution in [0.1, 0.15) is 46.0 Å². The molecule has 0 atom stereocenters. The molecule has 0 amide bonds. The molecule has 0 aliphatic heterocycles. The summed E-state index contributed by atoms with van der Waals surface area (Å²) in [5.41, 5.74) is 0.0404. The van der Waals surface area contributed by atoms with Crippen molar-refractivity contribution < 1.29 is 9.53 Å². The molecule has 0 aromatic carbocycles. The van der Waals surface area contributed by atoms with Crippen LogP contribution >= 0.6 is 0 Å². The van der Waals surface area contributed by atoms with Crippen LogP contribution in [0.5, 0.6) is 0 Å². The van der Waals surface area contributed by atoms with Gasteiger partial charge in [0, 0.05) is 5.54 Å². The summed E-state index contributed by atoms with van der Waals surface area (Å²) < 4.78 is 5.08. The Morgan fingerprint density at radius 3 is 2.38 bits per heavy atom. The lowest BCUT2D eigenvalue weighted by Crippen LogP contribution is -2.48. The summed E-state index contributed by atoms with van der Waals surface area (Å²) in [4.78, 5) is 13.9. The fourth-order valence-electron chi connectivity index (χ4n) is 2.56. The van der Waals surface area contributed by atoms with E-state index in [4.69, 9.17) is 4.74 Å². The lowest BCUT2D eigenvalue weighted by atomic mass is 9.74. The highest BCUT2D eigenvalue weighted by molar-refractivity contribution is 5.70. The molecule has 0 bridgehead atoms. The van der Waals surface area contributed by atoms with E-state index in [-0.39, 0.29) is 11.5 Å². The van der Waals surface area contributed by atoms with Crippen LogP contribution < -0.4 is 0 Å². The first kappa shape index (κ1) is 13.5. The number of esters is 1. The summed E-state index contributed by atoms with van der Waals surface area (Å²) in [6, 6.07) is 0. The van der Waals surface area contributed by atoms with Gasteiger partial charge in [-0.15, -0.1) is 0 Å². The Bertz CT molecular complexity index is 230. The second kappa shape index (κ2) is 5.67. The van der Waals surface area contributed by atoms with Gasteiger partial charge in [0.1, 0.15) is 0 Å². The predicted molar refractivity (Wildman–Crippen MR) is 65.3 cm³/mol. The molecule has 1 aliphatic rings. The minimum atomic E-state index is -0.0502. The molecular formula is C13H25NO2. The molecule has 1 saturated carbocycles. The molecular weight excluding hydrogens is 202 g/mol. The van der Waals surface area contributed by atoms with Crippen molar-refractivity contribution in [2.45, 2.75) is 51.5 Å². The molecule has 0 N–H and O–H groups in total. The number of rotatable bonds is 4. The highest BCUT2D eigenvalue weighted by atomic mass is 16.5. The SMILES string of the molecule is CCOC(=O)CC1(N(C)C)CCC(C)CC1. The van der Waals surface area contributed by atoms with Crippen molar-refractivity contribution in [3.63, 3.8) is 0 Å². The number of nitrogens with zero attached hydrogens (tertiary/aromatic N) is 1. The Labute approximate surface area is 99.1 Å². The summed E-state index contributed by atoms with van der Waals surface area (Å²) in [7, 11) is 4.16. The first-order valence-corrected chi connectivity index (χ1v) is 6.33. The van der Waals surface area contributed by atoms with E-state index in [1.165, 1.54) is 12.8 Å². The third-order valence-electron chi connectivity index (χ3n) is 3.93. The molecule has 0 unspecified atom stereocenters. The molecule has 1 aliphatic carbocycles. The Balaban J connectivity index is 2.63. The van der Waals surface area contributed by atoms with E-state index in [2.05, 4.69) is 25.9 Å². The predicted octanol–water partition coefficient (Wildman–Crippen LogP) is 2.45. The van der Waals surface area contributed by atoms with Crippen LogP contribution in [0.4, 0.5) is 0 Å². The lowest BCUT2D eigenvalue weighted by Gasteiger charge is -2.44. The average molecular weight is 227 g/mol. The van der Waals surface area contributed by atoms with Gasteiger partial charge in [-0.1, -0.05) is 6.92 Å². The fraction of sp³-hybridized carbons (Fsp3) is 0.923. The number of hydrogen-bond donors (Lipinski definition) is 0. The van der Waals surface area contributed by atoms with Gasteiger partial charge in [-0.3, -0.25) is 4.79 Å². The highest BCUT2D eigenvalue weighted by Gasteiger charge is 2.38. The van der Waals surface area contributed by atoms with Crippen LogP contribution in [0.2, 0.25) is 0 Å². The van der Waals surface area contributed by atoms with E-state index < -0.39 is 0 Å². The molecule has 1 fully saturated rings. The van der Waals surface area contributed by atoms with Gasteiger partial charge < -0.3 is 9.64 Å². The van der Waals surface area contributed by atoms with Crippen molar-refractivity contribution in [3.8, 4) is 0 Å². The van der Waals surface area contributed by atoms with Crippen LogP contribution in [0.3, 0.4) is 0 Å². The summed E-state index contributed by atoms with van der Waals surface area (Å²) in [6.45, 7) is 4.64. The second-order valence-corrected chi connectivity index (χ2v) is 5.28. The van der Waals surface area contributed by atoms with Crippen molar-refractivity contribution in [1.82, 2.24) is 4.90 Å². The highest BCUT2D eigenvalue weighted by Crippen LogP contribution is 2.37. The van der Waals surface area contributed by atoms with E-state index in [1.54, 1.807) is 0 Å². The normalized spacial score (nSPS) is 30.4. The van der Waals surface area contributed by atoms with Gasteiger partial charge in [-0.2, -0.15) is 0 Å². The van der Waals surface area contributed by atoms with Gasteiger partial charge >= 0.3 is 5.97 Å². The van der Waals surface area contributed by atoms with Gasteiger partial charge in [-0.25, -0.2) is 0 Å². The van der Waals surface area contributed by atoms with Gasteiger partial charge in [0.05, 0.1) is 13.0 Å². The topological polar surface area (TPSA) is 29.5 Å². The summed E-state index contributed by atoms with van der Waals surface area (Å²) >= 11 is 0. The maximum absolute atomic E-state index is 11.7. The molecule has 0 aromatic rings. The third-order valence-corrected chi connectivity index (χ3v) is 3.93. The van der Waals surface area contributed by atoms with Crippen LogP contribution in [0, 0.1) is 5.92 Å². The largest absolute Gasteiger partial charge is 0.466 e. The minimum Gasteiger partial charge on any atom is -0.466 e. The Morgan fingerprint density at radius 2 is 1.94 bits per heavy atom. The first-order valence-electron chi connectivity index (χ1n) is 6.33. The van der Waals surface area contributed by atoms with Crippen molar-refractivity contribution in [3.05, 3.63) is 0 Å². The quantitative estimate of drug-likeness (QED) is 0.691. The van der Waals surface area contributed by atoms with Gasteiger partial charge in [0.2, 0.25) is 0 Å². The molecule has 0 spiro atoms. The number of carbonyl (C=O) groups excluding carboxylic acids is 1. The summed E-state index contributed by atoms with van der Waals surface area (Å²) in [6.07, 6.45) is 5.20. The van der Waals surface area contributed by atoms with Crippen LogP contribution in [0.15, 0.2) is 0 Å². The monoisotopic (exact) mass is 227 g/mol. The van der Waals surface area contributed by atoms with Crippen molar-refractivity contribution in [1.29, 1.82) is 0 Å². The van der Waals surface area contributed by atoms with Crippen LogP contribution in [-0.2, 0) is 9.53 Å². The van der Waals surface area contributed by atoms with E-state index in [0.29, 0.717) is 13.0 Å². The minimum absolute atomic E-state index is 0.0404. The van der Waals surface area contributed by atoms with Crippen LogP contribution in [-0.4, -0.2) is 37.1 Å². The first-order chi connectivity index (χ1) is 7.50. The number of ether oxygens (including phenoxy) is 1. The van der Waals surface area contributed by atoms with E-state index in [0.717, 1.165) is 18.8 Å². The standard InChI is InChI=1S/C13H25NO2/c1-5-16-12(15)10-13(14(3)4)8-6-11(2)7-9-13/h11H,5-10H2,1-4H3. The van der Waals surface area contributed by atoms with Crippen LogP contribution in [0.25, 0.3) is 0 Å². The smallest absolute Gasteiger partial charge is 0.307 e. The molecule has 0 heterocycles. The zero-order chi connectivity index (χ0) is 12.2. The van der Waals surface area contributed by atoms with E-state index >= 15 is 0 Å². The Morgan fingerprint density at radius 1 is 1.38 bits per heavy atom.